The molecule has 22 heavy (non-hydrogen) atoms. The first-order valence-electron chi connectivity index (χ1n) is 8.30. The van der Waals surface area contributed by atoms with Gasteiger partial charge in [-0.1, -0.05) is 13.8 Å². The molecular weight excluding hydrogens is 278 g/mol. The van der Waals surface area contributed by atoms with E-state index in [1.54, 1.807) is 6.33 Å². The van der Waals surface area contributed by atoms with Crippen LogP contribution < -0.4 is 15.5 Å². The second kappa shape index (κ2) is 6.38. The Morgan fingerprint density at radius 2 is 1.77 bits per heavy atom. The molecule has 2 aliphatic heterocycles. The monoisotopic (exact) mass is 305 g/mol. The van der Waals surface area contributed by atoms with Crippen molar-refractivity contribution in [3.63, 3.8) is 0 Å². The average molecular weight is 305 g/mol. The topological polar surface area (TPSA) is 78.5 Å². The third kappa shape index (κ3) is 3.17. The van der Waals surface area contributed by atoms with Crippen LogP contribution in [0.1, 0.15) is 26.7 Å². The van der Waals surface area contributed by atoms with Crippen molar-refractivity contribution in [3.05, 3.63) is 12.4 Å². The quantitative estimate of drug-likeness (QED) is 0.862. The molecule has 0 aromatic carbocycles. The van der Waals surface area contributed by atoms with Crippen LogP contribution in [-0.4, -0.2) is 53.4 Å². The molecule has 2 fully saturated rings. The number of hydrogen-bond acceptors (Lipinski definition) is 6. The molecule has 1 aromatic rings. The molecule has 6 heteroatoms. The highest BCUT2D eigenvalue weighted by atomic mass is 16.3. The molecule has 6 nitrogen and oxygen atoms in total. The third-order valence-electron chi connectivity index (χ3n) is 5.02. The summed E-state index contributed by atoms with van der Waals surface area (Å²) in [6, 6.07) is 2.27. The van der Waals surface area contributed by atoms with E-state index in [2.05, 4.69) is 39.7 Å². The lowest BCUT2D eigenvalue weighted by molar-refractivity contribution is 0.145. The molecule has 0 radical (unpaired) electrons. The van der Waals surface area contributed by atoms with Crippen LogP contribution in [0, 0.1) is 11.8 Å². The zero-order valence-corrected chi connectivity index (χ0v) is 13.5. The van der Waals surface area contributed by atoms with Gasteiger partial charge in [0.15, 0.2) is 0 Å². The SMILES string of the molecule is CC(C)[C@@H]1CN(c2cc(N3CCC(O)CC3)ncn2)C[C@H]1N. The number of anilines is 2. The van der Waals surface area contributed by atoms with E-state index < -0.39 is 0 Å². The summed E-state index contributed by atoms with van der Waals surface area (Å²) in [5.41, 5.74) is 6.28. The standard InChI is InChI=1S/C16H27N5O/c1-11(2)13-8-21(9-14(13)17)16-7-15(18-10-19-16)20-5-3-12(22)4-6-20/h7,10-14,22H,3-6,8-9,17H2,1-2H3/t13-,14+/m0/s1. The van der Waals surface area contributed by atoms with Crippen molar-refractivity contribution in [2.24, 2.45) is 17.6 Å². The molecule has 0 unspecified atom stereocenters. The van der Waals surface area contributed by atoms with Crippen molar-refractivity contribution < 1.29 is 5.11 Å². The van der Waals surface area contributed by atoms with Crippen LogP contribution >= 0.6 is 0 Å². The summed E-state index contributed by atoms with van der Waals surface area (Å²) >= 11 is 0. The summed E-state index contributed by atoms with van der Waals surface area (Å²) in [4.78, 5) is 13.4. The fourth-order valence-corrected chi connectivity index (χ4v) is 3.52. The molecule has 0 saturated carbocycles. The second-order valence-electron chi connectivity index (χ2n) is 6.93. The maximum atomic E-state index is 9.63. The first kappa shape index (κ1) is 15.5. The van der Waals surface area contributed by atoms with E-state index in [0.29, 0.717) is 11.8 Å². The molecule has 0 bridgehead atoms. The van der Waals surface area contributed by atoms with E-state index in [1.165, 1.54) is 0 Å². The Bertz CT molecular complexity index is 501. The number of aliphatic hydroxyl groups excluding tert-OH is 1. The molecule has 0 spiro atoms. The van der Waals surface area contributed by atoms with Gasteiger partial charge in [-0.2, -0.15) is 0 Å². The normalized spacial score (nSPS) is 27.0. The molecule has 3 rings (SSSR count). The van der Waals surface area contributed by atoms with Crippen molar-refractivity contribution >= 4 is 11.6 Å². The van der Waals surface area contributed by atoms with Crippen molar-refractivity contribution in [2.45, 2.75) is 38.8 Å². The van der Waals surface area contributed by atoms with Gasteiger partial charge in [0.25, 0.3) is 0 Å². The Kier molecular flexibility index (Phi) is 4.49. The Morgan fingerprint density at radius 1 is 1.14 bits per heavy atom. The number of piperidine rings is 1. The van der Waals surface area contributed by atoms with Crippen molar-refractivity contribution in [3.8, 4) is 0 Å². The summed E-state index contributed by atoms with van der Waals surface area (Å²) in [5.74, 6) is 3.03. The average Bonchev–Trinajstić information content (AvgIpc) is 2.90. The van der Waals surface area contributed by atoms with Gasteiger partial charge >= 0.3 is 0 Å². The van der Waals surface area contributed by atoms with Crippen molar-refractivity contribution in [2.75, 3.05) is 36.0 Å². The first-order chi connectivity index (χ1) is 10.5. The number of nitrogens with two attached hydrogens (primary N) is 1. The number of nitrogens with zero attached hydrogens (tertiary/aromatic N) is 4. The molecule has 3 heterocycles. The van der Waals surface area contributed by atoms with Gasteiger partial charge in [-0.3, -0.25) is 0 Å². The summed E-state index contributed by atoms with van der Waals surface area (Å²) in [7, 11) is 0. The van der Waals surface area contributed by atoms with Crippen LogP contribution in [0.3, 0.4) is 0 Å². The maximum Gasteiger partial charge on any atom is 0.134 e. The fourth-order valence-electron chi connectivity index (χ4n) is 3.52. The molecule has 3 N–H and O–H groups in total. The summed E-state index contributed by atoms with van der Waals surface area (Å²) in [5, 5.41) is 9.63. The van der Waals surface area contributed by atoms with Crippen molar-refractivity contribution in [1.82, 2.24) is 9.97 Å². The van der Waals surface area contributed by atoms with Crippen LogP contribution in [0.4, 0.5) is 11.6 Å². The second-order valence-corrected chi connectivity index (χ2v) is 6.93. The van der Waals surface area contributed by atoms with Crippen LogP contribution in [0.5, 0.6) is 0 Å². The lowest BCUT2D eigenvalue weighted by Gasteiger charge is -2.31. The Hall–Kier alpha value is -1.40. The number of aliphatic hydroxyl groups is 1. The maximum absolute atomic E-state index is 9.63. The van der Waals surface area contributed by atoms with Gasteiger partial charge in [0, 0.05) is 38.3 Å². The predicted molar refractivity (Wildman–Crippen MR) is 88.0 cm³/mol. The molecule has 122 valence electrons. The lowest BCUT2D eigenvalue weighted by atomic mass is 9.92. The highest BCUT2D eigenvalue weighted by Gasteiger charge is 2.33. The van der Waals surface area contributed by atoms with E-state index in [-0.39, 0.29) is 12.1 Å². The first-order valence-corrected chi connectivity index (χ1v) is 8.30. The van der Waals surface area contributed by atoms with Gasteiger partial charge in [-0.25, -0.2) is 9.97 Å². The van der Waals surface area contributed by atoms with E-state index >= 15 is 0 Å². The van der Waals surface area contributed by atoms with Crippen LogP contribution in [0.15, 0.2) is 12.4 Å². The zero-order chi connectivity index (χ0) is 15.7. The minimum absolute atomic E-state index is 0.166. The lowest BCUT2D eigenvalue weighted by Crippen LogP contribution is -2.36. The number of hydrogen-bond donors (Lipinski definition) is 2. The molecule has 1 aromatic heterocycles. The van der Waals surface area contributed by atoms with Gasteiger partial charge in [0.1, 0.15) is 18.0 Å². The summed E-state index contributed by atoms with van der Waals surface area (Å²) in [6.07, 6.45) is 3.09. The van der Waals surface area contributed by atoms with E-state index in [9.17, 15) is 5.11 Å². The fraction of sp³-hybridized carbons (Fsp3) is 0.750. The largest absolute Gasteiger partial charge is 0.393 e. The molecule has 0 amide bonds. The summed E-state index contributed by atoms with van der Waals surface area (Å²) < 4.78 is 0. The van der Waals surface area contributed by atoms with Gasteiger partial charge < -0.3 is 20.6 Å². The number of aromatic nitrogens is 2. The van der Waals surface area contributed by atoms with E-state index in [1.807, 2.05) is 0 Å². The van der Waals surface area contributed by atoms with Crippen LogP contribution in [0.25, 0.3) is 0 Å². The van der Waals surface area contributed by atoms with Gasteiger partial charge in [0.2, 0.25) is 0 Å². The molecule has 0 aliphatic carbocycles. The van der Waals surface area contributed by atoms with E-state index in [0.717, 1.165) is 50.7 Å². The minimum Gasteiger partial charge on any atom is -0.393 e. The van der Waals surface area contributed by atoms with Crippen LogP contribution in [-0.2, 0) is 0 Å². The van der Waals surface area contributed by atoms with Gasteiger partial charge in [-0.05, 0) is 24.7 Å². The smallest absolute Gasteiger partial charge is 0.134 e. The van der Waals surface area contributed by atoms with Gasteiger partial charge in [0.05, 0.1) is 6.10 Å². The van der Waals surface area contributed by atoms with Gasteiger partial charge in [-0.15, -0.1) is 0 Å². The number of rotatable bonds is 3. The predicted octanol–water partition coefficient (Wildman–Crippen LogP) is 0.857. The third-order valence-corrected chi connectivity index (χ3v) is 5.02. The summed E-state index contributed by atoms with van der Waals surface area (Å²) in [6.45, 7) is 8.00. The Labute approximate surface area is 132 Å². The van der Waals surface area contributed by atoms with Crippen LogP contribution in [0.2, 0.25) is 0 Å². The molecular formula is C16H27N5O. The Morgan fingerprint density at radius 3 is 2.36 bits per heavy atom. The molecule has 2 saturated heterocycles. The van der Waals surface area contributed by atoms with Crippen molar-refractivity contribution in [1.29, 1.82) is 0 Å². The molecule has 2 atom stereocenters. The zero-order valence-electron chi connectivity index (χ0n) is 13.5. The highest BCUT2D eigenvalue weighted by Crippen LogP contribution is 2.28. The molecule has 2 aliphatic rings. The Balaban J connectivity index is 1.72. The highest BCUT2D eigenvalue weighted by molar-refractivity contribution is 5.51. The minimum atomic E-state index is -0.166. The van der Waals surface area contributed by atoms with E-state index in [4.69, 9.17) is 5.73 Å².